The Morgan fingerprint density at radius 2 is 1.74 bits per heavy atom. The van der Waals surface area contributed by atoms with E-state index in [-0.39, 0.29) is 11.2 Å². The summed E-state index contributed by atoms with van der Waals surface area (Å²) in [5.41, 5.74) is 1.07. The van der Waals surface area contributed by atoms with E-state index in [9.17, 15) is 4.79 Å². The van der Waals surface area contributed by atoms with Crippen LogP contribution < -0.4 is 5.22 Å². The summed E-state index contributed by atoms with van der Waals surface area (Å²) in [6, 6.07) is 14.7. The second kappa shape index (κ2) is 3.82. The molecule has 0 spiro atoms. The van der Waals surface area contributed by atoms with E-state index in [2.05, 4.69) is 48.5 Å². The normalized spacial score (nSPS) is 17.6. The van der Waals surface area contributed by atoms with Gasteiger partial charge in [-0.3, -0.25) is 4.79 Å². The quantitative estimate of drug-likeness (QED) is 0.613. The molecule has 0 saturated heterocycles. The van der Waals surface area contributed by atoms with Crippen molar-refractivity contribution in [3.8, 4) is 0 Å². The minimum Gasteiger partial charge on any atom is -0.281 e. The van der Waals surface area contributed by atoms with Gasteiger partial charge in [-0.25, -0.2) is 0 Å². The van der Waals surface area contributed by atoms with Crippen LogP contribution in [0.1, 0.15) is 17.9 Å². The molecule has 1 atom stereocenters. The molecule has 0 heterocycles. The molecule has 0 fully saturated rings. The molecule has 0 N–H and O–H groups in total. The maximum atomic E-state index is 11.6. The molecule has 0 saturated carbocycles. The summed E-state index contributed by atoms with van der Waals surface area (Å²) in [4.78, 5) is 11.6. The van der Waals surface area contributed by atoms with E-state index in [4.69, 9.17) is 11.6 Å². The van der Waals surface area contributed by atoms with Crippen molar-refractivity contribution in [2.75, 3.05) is 0 Å². The molecular formula is C17H11ClO. The minimum atomic E-state index is -0.266. The zero-order valence-corrected chi connectivity index (χ0v) is 10.9. The van der Waals surface area contributed by atoms with E-state index in [0.29, 0.717) is 6.42 Å². The Hall–Kier alpha value is -1.86. The average Bonchev–Trinajstić information content (AvgIpc) is 2.44. The molecule has 92 valence electrons. The fourth-order valence-electron chi connectivity index (χ4n) is 3.18. The van der Waals surface area contributed by atoms with E-state index in [1.165, 1.54) is 26.8 Å². The van der Waals surface area contributed by atoms with Gasteiger partial charge in [-0.1, -0.05) is 48.5 Å². The fraction of sp³-hybridized carbons (Fsp3) is 0.118. The molecule has 0 radical (unpaired) electrons. The molecule has 0 aliphatic heterocycles. The number of rotatable bonds is 1. The van der Waals surface area contributed by atoms with E-state index in [1.54, 1.807) is 0 Å². The zero-order valence-electron chi connectivity index (χ0n) is 10.2. The third-order valence-corrected chi connectivity index (χ3v) is 4.33. The molecule has 4 rings (SSSR count). The van der Waals surface area contributed by atoms with E-state index >= 15 is 0 Å². The molecule has 0 bridgehead atoms. The second-order valence-electron chi connectivity index (χ2n) is 5.06. The van der Waals surface area contributed by atoms with Crippen molar-refractivity contribution in [1.82, 2.24) is 0 Å². The number of hydrogen-bond donors (Lipinski definition) is 0. The molecule has 19 heavy (non-hydrogen) atoms. The first-order valence-electron chi connectivity index (χ1n) is 6.39. The lowest BCUT2D eigenvalue weighted by Gasteiger charge is -2.20. The third kappa shape index (κ3) is 1.45. The van der Waals surface area contributed by atoms with Gasteiger partial charge in [0, 0.05) is 0 Å². The number of carbonyl (C=O) groups is 1. The summed E-state index contributed by atoms with van der Waals surface area (Å²) < 4.78 is 0. The predicted octanol–water partition coefficient (Wildman–Crippen LogP) is 3.75. The Balaban J connectivity index is 2.26. The molecule has 0 amide bonds. The van der Waals surface area contributed by atoms with Crippen LogP contribution in [0.2, 0.25) is 0 Å². The smallest absolute Gasteiger partial charge is 0.229 e. The molecule has 1 nitrogen and oxygen atoms in total. The lowest BCUT2D eigenvalue weighted by atomic mass is 9.84. The first-order chi connectivity index (χ1) is 9.25. The SMILES string of the molecule is O=C(Cl)C1CC=c2ccc3cccc4ccc1c2c43. The summed E-state index contributed by atoms with van der Waals surface area (Å²) in [5, 5.41) is 5.83. The zero-order chi connectivity index (χ0) is 13.0. The maximum Gasteiger partial charge on any atom is 0.229 e. The van der Waals surface area contributed by atoms with Crippen molar-refractivity contribution in [2.24, 2.45) is 0 Å². The first-order valence-corrected chi connectivity index (χ1v) is 6.77. The van der Waals surface area contributed by atoms with Crippen LogP contribution in [0, 0.1) is 0 Å². The van der Waals surface area contributed by atoms with Gasteiger partial charge in [0.25, 0.3) is 0 Å². The predicted molar refractivity (Wildman–Crippen MR) is 79.4 cm³/mol. The van der Waals surface area contributed by atoms with Crippen LogP contribution in [0.15, 0.2) is 42.5 Å². The van der Waals surface area contributed by atoms with E-state index in [1.807, 2.05) is 0 Å². The lowest BCUT2D eigenvalue weighted by Crippen LogP contribution is -2.17. The largest absolute Gasteiger partial charge is 0.281 e. The van der Waals surface area contributed by atoms with Gasteiger partial charge in [0.05, 0.1) is 5.92 Å². The van der Waals surface area contributed by atoms with Crippen molar-refractivity contribution in [2.45, 2.75) is 12.3 Å². The highest BCUT2D eigenvalue weighted by Gasteiger charge is 2.23. The summed E-state index contributed by atoms with van der Waals surface area (Å²) in [6.07, 6.45) is 2.82. The van der Waals surface area contributed by atoms with E-state index < -0.39 is 0 Å². The second-order valence-corrected chi connectivity index (χ2v) is 5.43. The van der Waals surface area contributed by atoms with Crippen LogP contribution in [0.3, 0.4) is 0 Å². The van der Waals surface area contributed by atoms with Gasteiger partial charge in [0.1, 0.15) is 0 Å². The molecule has 3 aromatic carbocycles. The Morgan fingerprint density at radius 1 is 1.00 bits per heavy atom. The lowest BCUT2D eigenvalue weighted by molar-refractivity contribution is -0.112. The average molecular weight is 267 g/mol. The molecule has 1 unspecified atom stereocenters. The highest BCUT2D eigenvalue weighted by molar-refractivity contribution is 6.64. The van der Waals surface area contributed by atoms with Crippen molar-refractivity contribution in [3.05, 3.63) is 53.2 Å². The van der Waals surface area contributed by atoms with Gasteiger partial charge in [0.15, 0.2) is 0 Å². The number of halogens is 1. The van der Waals surface area contributed by atoms with Gasteiger partial charge in [0.2, 0.25) is 5.24 Å². The summed E-state index contributed by atoms with van der Waals surface area (Å²) in [7, 11) is 0. The molecule has 1 aliphatic rings. The van der Waals surface area contributed by atoms with Crippen molar-refractivity contribution in [3.63, 3.8) is 0 Å². The van der Waals surface area contributed by atoms with Crippen molar-refractivity contribution >= 4 is 44.5 Å². The monoisotopic (exact) mass is 266 g/mol. The number of benzene rings is 3. The standard InChI is InChI=1S/C17H11ClO/c18-17(19)14-9-7-12-5-4-10-2-1-3-11-6-8-13(14)16(12)15(10)11/h1-8,14H,9H2. The topological polar surface area (TPSA) is 17.1 Å². The number of carbonyl (C=O) groups excluding carboxylic acids is 1. The molecule has 2 heteroatoms. The molecule has 0 aromatic heterocycles. The van der Waals surface area contributed by atoms with Crippen LogP contribution in [-0.2, 0) is 4.79 Å². The minimum absolute atomic E-state index is 0.204. The van der Waals surface area contributed by atoms with Crippen molar-refractivity contribution < 1.29 is 4.79 Å². The summed E-state index contributed by atoms with van der Waals surface area (Å²) >= 11 is 5.75. The summed E-state index contributed by atoms with van der Waals surface area (Å²) in [6.45, 7) is 0. The first kappa shape index (κ1) is 11.0. The van der Waals surface area contributed by atoms with E-state index in [0.717, 1.165) is 5.56 Å². The van der Waals surface area contributed by atoms with Gasteiger partial charge >= 0.3 is 0 Å². The maximum absolute atomic E-state index is 11.6. The fourth-order valence-corrected chi connectivity index (χ4v) is 3.39. The van der Waals surface area contributed by atoms with Crippen LogP contribution >= 0.6 is 11.6 Å². The highest BCUT2D eigenvalue weighted by Crippen LogP contribution is 2.35. The van der Waals surface area contributed by atoms with Gasteiger partial charge in [-0.05, 0) is 50.3 Å². The highest BCUT2D eigenvalue weighted by atomic mass is 35.5. The van der Waals surface area contributed by atoms with Crippen LogP contribution in [-0.4, -0.2) is 5.24 Å². The third-order valence-electron chi connectivity index (χ3n) is 4.06. The van der Waals surface area contributed by atoms with Gasteiger partial charge in [-0.2, -0.15) is 0 Å². The summed E-state index contributed by atoms with van der Waals surface area (Å²) in [5.74, 6) is -0.204. The molecule has 1 aliphatic carbocycles. The van der Waals surface area contributed by atoms with Crippen molar-refractivity contribution in [1.29, 1.82) is 0 Å². The van der Waals surface area contributed by atoms with Crippen LogP contribution in [0.25, 0.3) is 27.6 Å². The Labute approximate surface area is 115 Å². The van der Waals surface area contributed by atoms with Gasteiger partial charge < -0.3 is 0 Å². The Kier molecular flexibility index (Phi) is 2.21. The van der Waals surface area contributed by atoms with Gasteiger partial charge in [-0.15, -0.1) is 0 Å². The van der Waals surface area contributed by atoms with Crippen LogP contribution in [0.5, 0.6) is 0 Å². The van der Waals surface area contributed by atoms with Crippen LogP contribution in [0.4, 0.5) is 0 Å². The molecule has 3 aromatic rings. The number of hydrogen-bond acceptors (Lipinski definition) is 1. The Morgan fingerprint density at radius 3 is 2.47 bits per heavy atom. The molecular weight excluding hydrogens is 256 g/mol. The Bertz CT molecular complexity index is 863.